The second-order valence-electron chi connectivity index (χ2n) is 5.25. The first-order valence-corrected chi connectivity index (χ1v) is 6.76. The standard InChI is InChI=1S/C13H22N2O5/c1-3-4-13(5-6-13)8-14-12(19)15-9(11(17)18)7-10(16)20-2/h9H,3-8H2,1-2H3,(H,17,18)(H2,14,15,19)/t9-/m0/s1. The van der Waals surface area contributed by atoms with Crippen LogP contribution in [-0.4, -0.2) is 42.8 Å². The van der Waals surface area contributed by atoms with Crippen molar-refractivity contribution in [3.8, 4) is 0 Å². The number of rotatable bonds is 8. The molecule has 1 rings (SSSR count). The molecule has 0 aliphatic heterocycles. The number of ether oxygens (including phenoxy) is 1. The lowest BCUT2D eigenvalue weighted by Crippen LogP contribution is -2.48. The number of nitrogens with one attached hydrogen (secondary N) is 2. The predicted octanol–water partition coefficient (Wildman–Crippen LogP) is 0.882. The van der Waals surface area contributed by atoms with Crippen LogP contribution in [0.3, 0.4) is 0 Å². The van der Waals surface area contributed by atoms with Gasteiger partial charge in [0.2, 0.25) is 0 Å². The highest BCUT2D eigenvalue weighted by Crippen LogP contribution is 2.48. The van der Waals surface area contributed by atoms with Gasteiger partial charge < -0.3 is 20.5 Å². The largest absolute Gasteiger partial charge is 0.480 e. The smallest absolute Gasteiger partial charge is 0.326 e. The van der Waals surface area contributed by atoms with Crippen molar-refractivity contribution in [1.29, 1.82) is 0 Å². The quantitative estimate of drug-likeness (QED) is 0.575. The number of esters is 1. The Labute approximate surface area is 118 Å². The molecule has 20 heavy (non-hydrogen) atoms. The van der Waals surface area contributed by atoms with E-state index in [9.17, 15) is 14.4 Å². The number of amides is 2. The van der Waals surface area contributed by atoms with Crippen LogP contribution in [0, 0.1) is 5.41 Å². The van der Waals surface area contributed by atoms with E-state index in [-0.39, 0.29) is 11.8 Å². The summed E-state index contributed by atoms with van der Waals surface area (Å²) >= 11 is 0. The molecule has 2 amide bonds. The van der Waals surface area contributed by atoms with Gasteiger partial charge in [-0.25, -0.2) is 9.59 Å². The maximum atomic E-state index is 11.7. The molecule has 0 bridgehead atoms. The van der Waals surface area contributed by atoms with E-state index in [0.717, 1.165) is 25.7 Å². The van der Waals surface area contributed by atoms with Gasteiger partial charge in [-0.1, -0.05) is 13.3 Å². The molecule has 0 radical (unpaired) electrons. The molecule has 1 atom stereocenters. The Kier molecular flexibility index (Phi) is 5.79. The third-order valence-corrected chi connectivity index (χ3v) is 3.56. The van der Waals surface area contributed by atoms with Crippen LogP contribution in [-0.2, 0) is 14.3 Å². The Bertz CT molecular complexity index is 379. The summed E-state index contributed by atoms with van der Waals surface area (Å²) < 4.78 is 4.39. The molecular weight excluding hydrogens is 264 g/mol. The Morgan fingerprint density at radius 1 is 1.35 bits per heavy atom. The number of carbonyl (C=O) groups excluding carboxylic acids is 2. The number of hydrogen-bond donors (Lipinski definition) is 3. The number of carboxylic acids is 1. The zero-order valence-electron chi connectivity index (χ0n) is 11.9. The first-order chi connectivity index (χ1) is 9.42. The van der Waals surface area contributed by atoms with Gasteiger partial charge in [0.25, 0.3) is 0 Å². The van der Waals surface area contributed by atoms with Gasteiger partial charge in [0, 0.05) is 6.54 Å². The van der Waals surface area contributed by atoms with E-state index >= 15 is 0 Å². The summed E-state index contributed by atoms with van der Waals surface area (Å²) in [6.45, 7) is 2.63. The fraction of sp³-hybridized carbons (Fsp3) is 0.769. The Morgan fingerprint density at radius 3 is 2.45 bits per heavy atom. The van der Waals surface area contributed by atoms with E-state index in [0.29, 0.717) is 6.54 Å². The summed E-state index contributed by atoms with van der Waals surface area (Å²) in [5, 5.41) is 13.9. The maximum absolute atomic E-state index is 11.7. The van der Waals surface area contributed by atoms with E-state index < -0.39 is 24.0 Å². The van der Waals surface area contributed by atoms with Crippen molar-refractivity contribution in [3.63, 3.8) is 0 Å². The van der Waals surface area contributed by atoms with Crippen molar-refractivity contribution in [3.05, 3.63) is 0 Å². The Balaban J connectivity index is 2.38. The van der Waals surface area contributed by atoms with Gasteiger partial charge in [-0.3, -0.25) is 4.79 Å². The molecule has 1 aliphatic rings. The molecule has 0 spiro atoms. The summed E-state index contributed by atoms with van der Waals surface area (Å²) in [5.74, 6) is -1.94. The molecular formula is C13H22N2O5. The molecule has 0 aromatic carbocycles. The van der Waals surface area contributed by atoms with Crippen LogP contribution < -0.4 is 10.6 Å². The summed E-state index contributed by atoms with van der Waals surface area (Å²) in [6.07, 6.45) is 3.90. The van der Waals surface area contributed by atoms with E-state index in [1.54, 1.807) is 0 Å². The lowest BCUT2D eigenvalue weighted by Gasteiger charge is -2.17. The number of carboxylic acid groups (broad SMARTS) is 1. The first-order valence-electron chi connectivity index (χ1n) is 6.76. The maximum Gasteiger partial charge on any atom is 0.326 e. The second-order valence-corrected chi connectivity index (χ2v) is 5.25. The average Bonchev–Trinajstić information content (AvgIpc) is 3.16. The molecule has 3 N–H and O–H groups in total. The van der Waals surface area contributed by atoms with Crippen molar-refractivity contribution >= 4 is 18.0 Å². The Morgan fingerprint density at radius 2 is 2.00 bits per heavy atom. The average molecular weight is 286 g/mol. The van der Waals surface area contributed by atoms with Crippen LogP contribution in [0.2, 0.25) is 0 Å². The third-order valence-electron chi connectivity index (χ3n) is 3.56. The van der Waals surface area contributed by atoms with E-state index in [4.69, 9.17) is 5.11 Å². The molecule has 0 unspecified atom stereocenters. The van der Waals surface area contributed by atoms with E-state index in [2.05, 4.69) is 22.3 Å². The highest BCUT2D eigenvalue weighted by atomic mass is 16.5. The molecule has 1 saturated carbocycles. The summed E-state index contributed by atoms with van der Waals surface area (Å²) in [5.41, 5.74) is 0.188. The van der Waals surface area contributed by atoms with Crippen molar-refractivity contribution in [2.75, 3.05) is 13.7 Å². The highest BCUT2D eigenvalue weighted by molar-refractivity contribution is 5.86. The van der Waals surface area contributed by atoms with Gasteiger partial charge in [0.15, 0.2) is 0 Å². The lowest BCUT2D eigenvalue weighted by molar-refractivity contribution is -0.147. The molecule has 0 aromatic heterocycles. The minimum absolute atomic E-state index is 0.188. The van der Waals surface area contributed by atoms with Crippen LogP contribution in [0.4, 0.5) is 4.79 Å². The molecule has 0 heterocycles. The van der Waals surface area contributed by atoms with E-state index in [1.807, 2.05) is 0 Å². The molecule has 1 fully saturated rings. The molecule has 1 aliphatic carbocycles. The van der Waals surface area contributed by atoms with Crippen LogP contribution in [0.5, 0.6) is 0 Å². The predicted molar refractivity (Wildman–Crippen MR) is 71.2 cm³/mol. The van der Waals surface area contributed by atoms with Crippen molar-refractivity contribution in [2.45, 2.75) is 45.1 Å². The van der Waals surface area contributed by atoms with Gasteiger partial charge in [-0.05, 0) is 24.7 Å². The number of hydrogen-bond acceptors (Lipinski definition) is 4. The summed E-state index contributed by atoms with van der Waals surface area (Å²) in [6, 6.07) is -1.84. The molecule has 114 valence electrons. The molecule has 7 heteroatoms. The SMILES string of the molecule is CCCC1(CNC(=O)N[C@@H](CC(=O)OC)C(=O)O)CC1. The van der Waals surface area contributed by atoms with Gasteiger partial charge in [0.05, 0.1) is 13.5 Å². The zero-order chi connectivity index (χ0) is 15.2. The van der Waals surface area contributed by atoms with E-state index in [1.165, 1.54) is 7.11 Å². The van der Waals surface area contributed by atoms with Crippen molar-refractivity contribution in [1.82, 2.24) is 10.6 Å². The molecule has 0 saturated heterocycles. The van der Waals surface area contributed by atoms with Crippen LogP contribution in [0.25, 0.3) is 0 Å². The Hall–Kier alpha value is -1.79. The highest BCUT2D eigenvalue weighted by Gasteiger charge is 2.41. The van der Waals surface area contributed by atoms with Crippen LogP contribution in [0.1, 0.15) is 39.0 Å². The fourth-order valence-corrected chi connectivity index (χ4v) is 2.15. The van der Waals surface area contributed by atoms with Gasteiger partial charge >= 0.3 is 18.0 Å². The lowest BCUT2D eigenvalue weighted by atomic mass is 10.0. The van der Waals surface area contributed by atoms with Crippen molar-refractivity contribution < 1.29 is 24.2 Å². The van der Waals surface area contributed by atoms with Crippen molar-refractivity contribution in [2.24, 2.45) is 5.41 Å². The molecule has 0 aromatic rings. The minimum atomic E-state index is -1.27. The van der Waals surface area contributed by atoms with Crippen LogP contribution >= 0.6 is 0 Å². The topological polar surface area (TPSA) is 105 Å². The van der Waals surface area contributed by atoms with Gasteiger partial charge in [-0.15, -0.1) is 0 Å². The summed E-state index contributed by atoms with van der Waals surface area (Å²) in [4.78, 5) is 33.7. The fourth-order valence-electron chi connectivity index (χ4n) is 2.15. The monoisotopic (exact) mass is 286 g/mol. The van der Waals surface area contributed by atoms with Crippen LogP contribution in [0.15, 0.2) is 0 Å². The minimum Gasteiger partial charge on any atom is -0.480 e. The number of aliphatic carboxylic acids is 1. The van der Waals surface area contributed by atoms with Gasteiger partial charge in [0.1, 0.15) is 6.04 Å². The van der Waals surface area contributed by atoms with Gasteiger partial charge in [-0.2, -0.15) is 0 Å². The first kappa shape index (κ1) is 16.3. The third kappa shape index (κ3) is 5.07. The normalized spacial score (nSPS) is 16.9. The second kappa shape index (κ2) is 7.12. The number of urea groups is 1. The number of carbonyl (C=O) groups is 3. The number of methoxy groups -OCH3 is 1. The molecule has 7 nitrogen and oxygen atoms in total. The zero-order valence-corrected chi connectivity index (χ0v) is 11.9. The summed E-state index contributed by atoms with van der Waals surface area (Å²) in [7, 11) is 1.17.